The Morgan fingerprint density at radius 1 is 0.935 bits per heavy atom. The van der Waals surface area contributed by atoms with E-state index in [1.165, 1.54) is 0 Å². The highest BCUT2D eigenvalue weighted by atomic mass is 16.5. The molecule has 0 aliphatic rings. The van der Waals surface area contributed by atoms with E-state index in [-0.39, 0.29) is 0 Å². The van der Waals surface area contributed by atoms with Crippen LogP contribution in [0.3, 0.4) is 0 Å². The Labute approximate surface area is 180 Å². The van der Waals surface area contributed by atoms with Crippen LogP contribution in [-0.4, -0.2) is 27.4 Å². The minimum atomic E-state index is -1.09. The van der Waals surface area contributed by atoms with Crippen molar-refractivity contribution in [3.05, 3.63) is 90.8 Å². The molecule has 0 fully saturated rings. The molecule has 0 aliphatic heterocycles. The highest BCUT2D eigenvalue weighted by Gasteiger charge is 2.17. The predicted molar refractivity (Wildman–Crippen MR) is 121 cm³/mol. The maximum Gasteiger partial charge on any atom is 0.409 e. The molecule has 0 saturated carbocycles. The number of rotatable bonds is 7. The molecule has 2 N–H and O–H groups in total. The van der Waals surface area contributed by atoms with Crippen LogP contribution in [0.2, 0.25) is 0 Å². The first-order valence-corrected chi connectivity index (χ1v) is 10.0. The molecule has 4 aromatic rings. The quantitative estimate of drug-likeness (QED) is 0.408. The van der Waals surface area contributed by atoms with Gasteiger partial charge in [-0.2, -0.15) is 0 Å². The van der Waals surface area contributed by atoms with Gasteiger partial charge in [-0.3, -0.25) is 5.32 Å². The van der Waals surface area contributed by atoms with Gasteiger partial charge in [-0.05, 0) is 31.2 Å². The number of imidazole rings is 1. The van der Waals surface area contributed by atoms with Crippen molar-refractivity contribution in [2.75, 3.05) is 11.9 Å². The lowest BCUT2D eigenvalue weighted by Crippen LogP contribution is -2.11. The molecule has 0 radical (unpaired) electrons. The highest BCUT2D eigenvalue weighted by Crippen LogP contribution is 2.32. The standard InChI is InChI=1S/C25H23N3O3/c1-18-26-23(19-8-4-2-5-9-19)24(20-10-6-3-7-11-20)28(18)16-17-31-22-14-12-21(13-15-22)27-25(29)30/h2-15,27H,16-17H2,1H3,(H,29,30). The lowest BCUT2D eigenvalue weighted by Gasteiger charge is -2.13. The molecule has 0 aliphatic carbocycles. The molecular formula is C25H23N3O3. The summed E-state index contributed by atoms with van der Waals surface area (Å²) in [5, 5.41) is 11.1. The zero-order chi connectivity index (χ0) is 21.6. The van der Waals surface area contributed by atoms with E-state index in [1.807, 2.05) is 43.3 Å². The van der Waals surface area contributed by atoms with E-state index in [9.17, 15) is 4.79 Å². The Balaban J connectivity index is 1.57. The van der Waals surface area contributed by atoms with E-state index in [2.05, 4.69) is 34.1 Å². The fraction of sp³-hybridized carbons (Fsp3) is 0.120. The molecule has 0 saturated heterocycles. The summed E-state index contributed by atoms with van der Waals surface area (Å²) in [6.07, 6.45) is -1.09. The van der Waals surface area contributed by atoms with Crippen molar-refractivity contribution in [2.24, 2.45) is 0 Å². The summed E-state index contributed by atoms with van der Waals surface area (Å²) >= 11 is 0. The first-order chi connectivity index (χ1) is 15.1. The molecule has 31 heavy (non-hydrogen) atoms. The predicted octanol–water partition coefficient (Wildman–Crippen LogP) is 5.69. The van der Waals surface area contributed by atoms with Gasteiger partial charge >= 0.3 is 6.09 Å². The van der Waals surface area contributed by atoms with Crippen molar-refractivity contribution in [1.82, 2.24) is 9.55 Å². The first kappa shape index (κ1) is 20.2. The fourth-order valence-corrected chi connectivity index (χ4v) is 3.54. The molecular weight excluding hydrogens is 390 g/mol. The van der Waals surface area contributed by atoms with Crippen LogP contribution in [0.5, 0.6) is 5.75 Å². The van der Waals surface area contributed by atoms with Crippen molar-refractivity contribution in [3.63, 3.8) is 0 Å². The van der Waals surface area contributed by atoms with E-state index in [0.29, 0.717) is 24.6 Å². The molecule has 0 atom stereocenters. The van der Waals surface area contributed by atoms with Crippen LogP contribution in [0.1, 0.15) is 5.82 Å². The van der Waals surface area contributed by atoms with Crippen molar-refractivity contribution in [3.8, 4) is 28.3 Å². The van der Waals surface area contributed by atoms with Gasteiger partial charge in [0.1, 0.15) is 18.2 Å². The number of carboxylic acid groups (broad SMARTS) is 1. The molecule has 0 unspecified atom stereocenters. The van der Waals surface area contributed by atoms with Crippen LogP contribution >= 0.6 is 0 Å². The third-order valence-electron chi connectivity index (χ3n) is 4.94. The molecule has 1 aromatic heterocycles. The largest absolute Gasteiger partial charge is 0.492 e. The van der Waals surface area contributed by atoms with Crippen LogP contribution in [0.4, 0.5) is 10.5 Å². The number of nitrogens with one attached hydrogen (secondary N) is 1. The number of ether oxygens (including phenoxy) is 1. The monoisotopic (exact) mass is 413 g/mol. The summed E-state index contributed by atoms with van der Waals surface area (Å²) in [7, 11) is 0. The fourth-order valence-electron chi connectivity index (χ4n) is 3.54. The van der Waals surface area contributed by atoms with E-state index < -0.39 is 6.09 Å². The summed E-state index contributed by atoms with van der Waals surface area (Å²) in [6, 6.07) is 27.3. The van der Waals surface area contributed by atoms with E-state index >= 15 is 0 Å². The van der Waals surface area contributed by atoms with Gasteiger partial charge in [0.2, 0.25) is 0 Å². The molecule has 0 bridgehead atoms. The number of aryl methyl sites for hydroxylation is 1. The third-order valence-corrected chi connectivity index (χ3v) is 4.94. The molecule has 156 valence electrons. The Kier molecular flexibility index (Phi) is 5.98. The van der Waals surface area contributed by atoms with Gasteiger partial charge in [0, 0.05) is 16.8 Å². The minimum Gasteiger partial charge on any atom is -0.492 e. The average Bonchev–Trinajstić information content (AvgIpc) is 3.12. The topological polar surface area (TPSA) is 76.4 Å². The number of anilines is 1. The zero-order valence-corrected chi connectivity index (χ0v) is 17.2. The summed E-state index contributed by atoms with van der Waals surface area (Å²) in [5.74, 6) is 1.60. The number of carbonyl (C=O) groups is 1. The van der Waals surface area contributed by atoms with E-state index in [1.54, 1.807) is 24.3 Å². The van der Waals surface area contributed by atoms with Gasteiger partial charge in [-0.25, -0.2) is 9.78 Å². The number of hydrogen-bond donors (Lipinski definition) is 2. The van der Waals surface area contributed by atoms with E-state index in [4.69, 9.17) is 14.8 Å². The number of benzene rings is 3. The second-order valence-electron chi connectivity index (χ2n) is 7.04. The van der Waals surface area contributed by atoms with E-state index in [0.717, 1.165) is 28.3 Å². The van der Waals surface area contributed by atoms with Crippen LogP contribution in [0, 0.1) is 6.92 Å². The maximum atomic E-state index is 10.7. The highest BCUT2D eigenvalue weighted by molar-refractivity contribution is 5.82. The molecule has 1 amide bonds. The van der Waals surface area contributed by atoms with Gasteiger partial charge in [0.15, 0.2) is 0 Å². The van der Waals surface area contributed by atoms with Crippen molar-refractivity contribution < 1.29 is 14.6 Å². The van der Waals surface area contributed by atoms with Gasteiger partial charge in [-0.15, -0.1) is 0 Å². The Hall–Kier alpha value is -4.06. The molecule has 6 nitrogen and oxygen atoms in total. The summed E-state index contributed by atoms with van der Waals surface area (Å²) in [5.41, 5.74) is 4.70. The smallest absolute Gasteiger partial charge is 0.409 e. The molecule has 1 heterocycles. The normalized spacial score (nSPS) is 10.6. The molecule has 6 heteroatoms. The van der Waals surface area contributed by atoms with Crippen LogP contribution < -0.4 is 10.1 Å². The van der Waals surface area contributed by atoms with Gasteiger partial charge < -0.3 is 14.4 Å². The number of aromatic nitrogens is 2. The lowest BCUT2D eigenvalue weighted by atomic mass is 10.0. The van der Waals surface area contributed by atoms with Crippen molar-refractivity contribution >= 4 is 11.8 Å². The Bertz CT molecular complexity index is 1150. The van der Waals surface area contributed by atoms with Gasteiger partial charge in [-0.1, -0.05) is 60.7 Å². The summed E-state index contributed by atoms with van der Waals surface area (Å²) < 4.78 is 8.09. The van der Waals surface area contributed by atoms with Crippen molar-refractivity contribution in [2.45, 2.75) is 13.5 Å². The van der Waals surface area contributed by atoms with Gasteiger partial charge in [0.25, 0.3) is 0 Å². The SMILES string of the molecule is Cc1nc(-c2ccccc2)c(-c2ccccc2)n1CCOc1ccc(NC(=O)O)cc1. The number of nitrogens with zero attached hydrogens (tertiary/aromatic N) is 2. The van der Waals surface area contributed by atoms with Gasteiger partial charge in [0.05, 0.1) is 17.9 Å². The molecule has 3 aromatic carbocycles. The molecule has 0 spiro atoms. The van der Waals surface area contributed by atoms with Crippen LogP contribution in [-0.2, 0) is 6.54 Å². The Morgan fingerprint density at radius 2 is 1.55 bits per heavy atom. The summed E-state index contributed by atoms with van der Waals surface area (Å²) in [4.78, 5) is 15.6. The number of amides is 1. The second-order valence-corrected chi connectivity index (χ2v) is 7.04. The third kappa shape index (κ3) is 4.75. The van der Waals surface area contributed by atoms with Crippen LogP contribution in [0.15, 0.2) is 84.9 Å². The minimum absolute atomic E-state index is 0.455. The number of hydrogen-bond acceptors (Lipinski definition) is 3. The zero-order valence-electron chi connectivity index (χ0n) is 17.2. The maximum absolute atomic E-state index is 10.7. The molecule has 4 rings (SSSR count). The lowest BCUT2D eigenvalue weighted by molar-refractivity contribution is 0.209. The van der Waals surface area contributed by atoms with Crippen LogP contribution in [0.25, 0.3) is 22.5 Å². The Morgan fingerprint density at radius 3 is 2.16 bits per heavy atom. The summed E-state index contributed by atoms with van der Waals surface area (Å²) in [6.45, 7) is 3.09. The average molecular weight is 413 g/mol. The van der Waals surface area contributed by atoms with Crippen molar-refractivity contribution in [1.29, 1.82) is 0 Å². The first-order valence-electron chi connectivity index (χ1n) is 10.0. The second kappa shape index (κ2) is 9.17.